The number of hydrogen-bond acceptors (Lipinski definition) is 4. The number of nitrogens with zero attached hydrogens (tertiary/aromatic N) is 2. The smallest absolute Gasteiger partial charge is 0.223 e. The fourth-order valence-electron chi connectivity index (χ4n) is 4.52. The predicted octanol–water partition coefficient (Wildman–Crippen LogP) is 2.38. The zero-order chi connectivity index (χ0) is 18.8. The van der Waals surface area contributed by atoms with Gasteiger partial charge in [0.1, 0.15) is 11.6 Å². The molecule has 0 saturated carbocycles. The number of aryl methyl sites for hydroxylation is 1. The molecule has 2 aliphatic rings. The number of benzene rings is 1. The van der Waals surface area contributed by atoms with Crippen LogP contribution in [0.1, 0.15) is 38.4 Å². The summed E-state index contributed by atoms with van der Waals surface area (Å²) < 4.78 is 13.3. The number of amides is 1. The number of aromatic nitrogens is 2. The van der Waals surface area contributed by atoms with Crippen molar-refractivity contribution in [1.82, 2.24) is 25.7 Å². The maximum absolute atomic E-state index is 13.3. The molecule has 2 fully saturated rings. The number of carbonyl (C=O) groups is 1. The van der Waals surface area contributed by atoms with Crippen LogP contribution in [0, 0.1) is 17.7 Å². The summed E-state index contributed by atoms with van der Waals surface area (Å²) in [5.74, 6) is 1.79. The second-order valence-corrected chi connectivity index (χ2v) is 7.81. The molecular formula is C20H28FN5O. The van der Waals surface area contributed by atoms with Crippen LogP contribution >= 0.6 is 0 Å². The SMILES string of the molecule is CCC1CNNC1C1CCCN(C(=O)CCc2nc3ccc(F)cc3[nH]2)C1. The van der Waals surface area contributed by atoms with Crippen LogP contribution in [0.4, 0.5) is 4.39 Å². The molecule has 1 amide bonds. The van der Waals surface area contributed by atoms with Crippen LogP contribution in [0.15, 0.2) is 18.2 Å². The predicted molar refractivity (Wildman–Crippen MR) is 102 cm³/mol. The average molecular weight is 373 g/mol. The highest BCUT2D eigenvalue weighted by atomic mass is 19.1. The Morgan fingerprint density at radius 2 is 2.30 bits per heavy atom. The van der Waals surface area contributed by atoms with E-state index in [1.165, 1.54) is 18.6 Å². The largest absolute Gasteiger partial charge is 0.342 e. The molecule has 0 radical (unpaired) electrons. The minimum atomic E-state index is -0.284. The molecule has 1 aromatic carbocycles. The Balaban J connectivity index is 1.34. The van der Waals surface area contributed by atoms with E-state index in [1.54, 1.807) is 6.07 Å². The third kappa shape index (κ3) is 3.99. The van der Waals surface area contributed by atoms with Gasteiger partial charge in [-0.3, -0.25) is 15.6 Å². The number of piperidine rings is 1. The van der Waals surface area contributed by atoms with Gasteiger partial charge in [-0.15, -0.1) is 0 Å². The van der Waals surface area contributed by atoms with Crippen molar-refractivity contribution >= 4 is 16.9 Å². The van der Waals surface area contributed by atoms with Gasteiger partial charge in [-0.25, -0.2) is 9.37 Å². The molecule has 2 aromatic rings. The van der Waals surface area contributed by atoms with Gasteiger partial charge in [0.15, 0.2) is 0 Å². The van der Waals surface area contributed by atoms with Crippen molar-refractivity contribution in [1.29, 1.82) is 0 Å². The van der Waals surface area contributed by atoms with Crippen LogP contribution in [0.25, 0.3) is 11.0 Å². The average Bonchev–Trinajstić information content (AvgIpc) is 3.32. The normalized spacial score (nSPS) is 26.0. The van der Waals surface area contributed by atoms with Crippen molar-refractivity contribution in [3.8, 4) is 0 Å². The van der Waals surface area contributed by atoms with Gasteiger partial charge in [0.05, 0.1) is 11.0 Å². The van der Waals surface area contributed by atoms with Gasteiger partial charge in [-0.2, -0.15) is 0 Å². The van der Waals surface area contributed by atoms with Crippen LogP contribution < -0.4 is 10.9 Å². The van der Waals surface area contributed by atoms with E-state index in [2.05, 4.69) is 27.7 Å². The second kappa shape index (κ2) is 7.94. The lowest BCUT2D eigenvalue weighted by molar-refractivity contribution is -0.133. The number of H-pyrrole nitrogens is 1. The Hall–Kier alpha value is -1.99. The molecule has 0 spiro atoms. The summed E-state index contributed by atoms with van der Waals surface area (Å²) in [4.78, 5) is 22.3. The van der Waals surface area contributed by atoms with E-state index in [1.807, 2.05) is 4.90 Å². The monoisotopic (exact) mass is 373 g/mol. The Morgan fingerprint density at radius 3 is 3.15 bits per heavy atom. The number of likely N-dealkylation sites (tertiary alicyclic amines) is 1. The summed E-state index contributed by atoms with van der Waals surface area (Å²) in [6, 6.07) is 4.96. The maximum atomic E-state index is 13.3. The van der Waals surface area contributed by atoms with E-state index < -0.39 is 0 Å². The van der Waals surface area contributed by atoms with Gasteiger partial charge in [0.25, 0.3) is 0 Å². The molecule has 3 N–H and O–H groups in total. The second-order valence-electron chi connectivity index (χ2n) is 7.81. The van der Waals surface area contributed by atoms with Gasteiger partial charge in [0.2, 0.25) is 5.91 Å². The van der Waals surface area contributed by atoms with E-state index >= 15 is 0 Å². The van der Waals surface area contributed by atoms with Crippen molar-refractivity contribution < 1.29 is 9.18 Å². The van der Waals surface area contributed by atoms with Gasteiger partial charge in [-0.1, -0.05) is 13.3 Å². The number of nitrogens with one attached hydrogen (secondary N) is 3. The zero-order valence-corrected chi connectivity index (χ0v) is 15.8. The third-order valence-electron chi connectivity index (χ3n) is 6.05. The highest BCUT2D eigenvalue weighted by Crippen LogP contribution is 2.27. The van der Waals surface area contributed by atoms with Gasteiger partial charge in [-0.05, 0) is 42.9 Å². The van der Waals surface area contributed by atoms with E-state index in [0.29, 0.717) is 36.2 Å². The number of rotatable bonds is 5. The minimum Gasteiger partial charge on any atom is -0.342 e. The van der Waals surface area contributed by atoms with Crippen molar-refractivity contribution in [2.24, 2.45) is 11.8 Å². The van der Waals surface area contributed by atoms with Gasteiger partial charge < -0.3 is 9.88 Å². The highest BCUT2D eigenvalue weighted by Gasteiger charge is 2.35. The van der Waals surface area contributed by atoms with Gasteiger partial charge in [0, 0.05) is 38.5 Å². The molecule has 4 rings (SSSR count). The first-order valence-electron chi connectivity index (χ1n) is 10.0. The number of hydrazine groups is 1. The number of carbonyl (C=O) groups excluding carboxylic acids is 1. The van der Waals surface area contributed by atoms with Crippen LogP contribution in [-0.4, -0.2) is 46.5 Å². The summed E-state index contributed by atoms with van der Waals surface area (Å²) in [6.07, 6.45) is 4.38. The lowest BCUT2D eigenvalue weighted by Gasteiger charge is -2.37. The first-order valence-corrected chi connectivity index (χ1v) is 10.0. The molecule has 3 unspecified atom stereocenters. The molecule has 2 saturated heterocycles. The van der Waals surface area contributed by atoms with Crippen LogP contribution in [-0.2, 0) is 11.2 Å². The van der Waals surface area contributed by atoms with Crippen LogP contribution in [0.3, 0.4) is 0 Å². The topological polar surface area (TPSA) is 73.0 Å². The molecule has 146 valence electrons. The molecular weight excluding hydrogens is 345 g/mol. The van der Waals surface area contributed by atoms with E-state index in [0.717, 1.165) is 43.8 Å². The summed E-state index contributed by atoms with van der Waals surface area (Å²) in [5.41, 5.74) is 8.14. The van der Waals surface area contributed by atoms with E-state index in [9.17, 15) is 9.18 Å². The third-order valence-corrected chi connectivity index (χ3v) is 6.05. The maximum Gasteiger partial charge on any atom is 0.223 e. The van der Waals surface area contributed by atoms with Crippen molar-refractivity contribution in [2.75, 3.05) is 19.6 Å². The van der Waals surface area contributed by atoms with Crippen molar-refractivity contribution in [3.63, 3.8) is 0 Å². The Bertz CT molecular complexity index is 807. The van der Waals surface area contributed by atoms with Crippen molar-refractivity contribution in [2.45, 2.75) is 45.1 Å². The minimum absolute atomic E-state index is 0.186. The Labute approximate surface area is 158 Å². The number of hydrogen-bond donors (Lipinski definition) is 3. The summed E-state index contributed by atoms with van der Waals surface area (Å²) in [6.45, 7) is 4.92. The Morgan fingerprint density at radius 1 is 1.41 bits per heavy atom. The van der Waals surface area contributed by atoms with Gasteiger partial charge >= 0.3 is 0 Å². The number of aromatic amines is 1. The quantitative estimate of drug-likeness (QED) is 0.752. The molecule has 7 heteroatoms. The molecule has 6 nitrogen and oxygen atoms in total. The van der Waals surface area contributed by atoms with Crippen LogP contribution in [0.5, 0.6) is 0 Å². The lowest BCUT2D eigenvalue weighted by Crippen LogP contribution is -2.48. The Kier molecular flexibility index (Phi) is 5.41. The van der Waals surface area contributed by atoms with E-state index in [-0.39, 0.29) is 11.7 Å². The number of halogens is 1. The first-order chi connectivity index (χ1) is 13.1. The fourth-order valence-corrected chi connectivity index (χ4v) is 4.52. The zero-order valence-electron chi connectivity index (χ0n) is 15.8. The fraction of sp³-hybridized carbons (Fsp3) is 0.600. The standard InChI is InChI=1S/C20H28FN5O/c1-2-13-11-22-25-20(13)14-4-3-9-26(12-14)19(27)8-7-18-23-16-6-5-15(21)10-17(16)24-18/h5-6,10,13-14,20,22,25H,2-4,7-9,11-12H2,1H3,(H,23,24). The first kappa shape index (κ1) is 18.4. The molecule has 0 aliphatic carbocycles. The lowest BCUT2D eigenvalue weighted by atomic mass is 9.83. The molecule has 0 bridgehead atoms. The molecule has 3 atom stereocenters. The van der Waals surface area contributed by atoms with E-state index in [4.69, 9.17) is 0 Å². The molecule has 1 aromatic heterocycles. The summed E-state index contributed by atoms with van der Waals surface area (Å²) in [5, 5.41) is 0. The molecule has 2 aliphatic heterocycles. The number of fused-ring (bicyclic) bond motifs is 1. The molecule has 27 heavy (non-hydrogen) atoms. The van der Waals surface area contributed by atoms with Crippen molar-refractivity contribution in [3.05, 3.63) is 29.8 Å². The highest BCUT2D eigenvalue weighted by molar-refractivity contribution is 5.77. The molecule has 3 heterocycles. The van der Waals surface area contributed by atoms with Crippen LogP contribution in [0.2, 0.25) is 0 Å². The number of imidazole rings is 1. The summed E-state index contributed by atoms with van der Waals surface area (Å²) in [7, 11) is 0. The summed E-state index contributed by atoms with van der Waals surface area (Å²) >= 11 is 0.